The van der Waals surface area contributed by atoms with Crippen LogP contribution in [0, 0.1) is 17.8 Å². The summed E-state index contributed by atoms with van der Waals surface area (Å²) in [4.78, 5) is 46.4. The van der Waals surface area contributed by atoms with E-state index in [1.54, 1.807) is 30.3 Å². The molecule has 0 radical (unpaired) electrons. The van der Waals surface area contributed by atoms with Gasteiger partial charge in [-0.1, -0.05) is 90.7 Å². The fraction of sp³-hybridized carbons (Fsp3) is 0.262. The van der Waals surface area contributed by atoms with Crippen molar-refractivity contribution in [1.29, 1.82) is 0 Å². The van der Waals surface area contributed by atoms with E-state index < -0.39 is 53.3 Å². The number of nitrogens with zero attached hydrogens (tertiary/aromatic N) is 1. The Hall–Kier alpha value is -5.73. The first kappa shape index (κ1) is 34.7. The molecule has 3 heterocycles. The zero-order valence-corrected chi connectivity index (χ0v) is 28.4. The molecule has 6 atom stereocenters. The van der Waals surface area contributed by atoms with E-state index in [1.807, 2.05) is 83.8 Å². The molecule has 0 bridgehead atoms. The first-order valence-corrected chi connectivity index (χ1v) is 17.3. The lowest BCUT2D eigenvalue weighted by molar-refractivity contribution is -0.178. The Kier molecular flexibility index (Phi) is 9.92. The Morgan fingerprint density at radius 3 is 2.31 bits per heavy atom. The van der Waals surface area contributed by atoms with Gasteiger partial charge in [0.05, 0.1) is 31.2 Å². The zero-order chi connectivity index (χ0) is 36.2. The summed E-state index contributed by atoms with van der Waals surface area (Å²) in [6.45, 7) is 3.73. The summed E-state index contributed by atoms with van der Waals surface area (Å²) in [7, 11) is 0. The van der Waals surface area contributed by atoms with Crippen LogP contribution < -0.4 is 15.4 Å². The Morgan fingerprint density at radius 1 is 0.923 bits per heavy atom. The lowest BCUT2D eigenvalue weighted by atomic mass is 9.65. The van der Waals surface area contributed by atoms with Crippen molar-refractivity contribution < 1.29 is 34.1 Å². The molecule has 0 aliphatic carbocycles. The molecule has 10 heteroatoms. The van der Waals surface area contributed by atoms with Gasteiger partial charge in [0, 0.05) is 24.2 Å². The van der Waals surface area contributed by atoms with E-state index in [4.69, 9.17) is 9.47 Å². The molecule has 1 spiro atoms. The standard InChI is InChI=1S/C42H39N3O7/c1-2-22-43-39(48)34-36-40(49)52-37(29-14-7-4-8-15-29)35(28-12-5-3-6-13-28)45(36)38(30-17-19-31(20-18-30)51-25-24-47)42(34)32-26-27(11-9-10-23-46)16-21-33(32)44-41(42)50/h2-8,12-21,26,34-38,46-47H,1,10,22-25H2,(H,43,48)(H,44,50)/t34-,35-,36-,37+,38+,42-/m1/s1. The predicted octanol–water partition coefficient (Wildman–Crippen LogP) is 4.36. The van der Waals surface area contributed by atoms with Gasteiger partial charge in [-0.25, -0.2) is 0 Å². The maximum Gasteiger partial charge on any atom is 0.324 e. The highest BCUT2D eigenvalue weighted by atomic mass is 16.6. The van der Waals surface area contributed by atoms with Crippen molar-refractivity contribution in [2.24, 2.45) is 5.92 Å². The first-order chi connectivity index (χ1) is 25.4. The SMILES string of the molecule is C=CCNC(=O)[C@H]1[C@@H]2C(=O)O[C@@H](c3ccccc3)[C@@H](c3ccccc3)N2[C@@H](c2ccc(OCCO)cc2)[C@]12C(=O)Nc1ccc(C#CCCO)cc12. The monoisotopic (exact) mass is 697 g/mol. The average Bonchev–Trinajstić information content (AvgIpc) is 3.65. The van der Waals surface area contributed by atoms with Crippen LogP contribution >= 0.6 is 0 Å². The highest BCUT2D eigenvalue weighted by molar-refractivity contribution is 6.12. The summed E-state index contributed by atoms with van der Waals surface area (Å²) in [5, 5.41) is 24.7. The fourth-order valence-electron chi connectivity index (χ4n) is 8.08. The van der Waals surface area contributed by atoms with Crippen LogP contribution in [0.5, 0.6) is 5.75 Å². The number of nitrogens with one attached hydrogen (secondary N) is 2. The molecule has 3 aliphatic heterocycles. The molecule has 4 aromatic rings. The van der Waals surface area contributed by atoms with Crippen LogP contribution in [-0.4, -0.2) is 65.3 Å². The number of rotatable bonds is 10. The van der Waals surface area contributed by atoms with Gasteiger partial charge >= 0.3 is 5.97 Å². The van der Waals surface area contributed by atoms with Crippen LogP contribution in [0.15, 0.2) is 116 Å². The van der Waals surface area contributed by atoms with Gasteiger partial charge in [0.1, 0.15) is 29.9 Å². The van der Waals surface area contributed by atoms with Gasteiger partial charge < -0.3 is 30.3 Å². The predicted molar refractivity (Wildman–Crippen MR) is 194 cm³/mol. The minimum absolute atomic E-state index is 0.100. The van der Waals surface area contributed by atoms with E-state index in [0.717, 1.165) is 11.1 Å². The summed E-state index contributed by atoms with van der Waals surface area (Å²) >= 11 is 0. The zero-order valence-electron chi connectivity index (χ0n) is 28.4. The van der Waals surface area contributed by atoms with Crippen LogP contribution in [0.1, 0.15) is 52.4 Å². The van der Waals surface area contributed by atoms with Gasteiger partial charge in [-0.15, -0.1) is 6.58 Å². The number of cyclic esters (lactones) is 1. The Labute approximate surface area is 302 Å². The highest BCUT2D eigenvalue weighted by Gasteiger charge is 2.74. The first-order valence-electron chi connectivity index (χ1n) is 17.3. The number of carbonyl (C=O) groups excluding carboxylic acids is 3. The fourth-order valence-corrected chi connectivity index (χ4v) is 8.08. The molecule has 3 aliphatic rings. The number of fused-ring (bicyclic) bond motifs is 3. The van der Waals surface area contributed by atoms with Crippen molar-refractivity contribution in [3.63, 3.8) is 0 Å². The summed E-state index contributed by atoms with van der Waals surface area (Å²) in [6, 6.07) is 29.0. The minimum Gasteiger partial charge on any atom is -0.491 e. The number of ether oxygens (including phenoxy) is 2. The number of anilines is 1. The highest BCUT2D eigenvalue weighted by Crippen LogP contribution is 2.64. The van der Waals surface area contributed by atoms with Gasteiger partial charge in [-0.05, 0) is 52.6 Å². The summed E-state index contributed by atoms with van der Waals surface area (Å²) in [6.07, 6.45) is 1.03. The van der Waals surface area contributed by atoms with Crippen molar-refractivity contribution in [3.8, 4) is 17.6 Å². The average molecular weight is 698 g/mol. The molecule has 0 saturated carbocycles. The van der Waals surface area contributed by atoms with Crippen LogP contribution in [0.3, 0.4) is 0 Å². The van der Waals surface area contributed by atoms with Crippen molar-refractivity contribution in [3.05, 3.63) is 144 Å². The molecule has 4 aromatic carbocycles. The van der Waals surface area contributed by atoms with Crippen LogP contribution in [0.4, 0.5) is 5.69 Å². The van der Waals surface area contributed by atoms with E-state index in [-0.39, 0.29) is 32.8 Å². The van der Waals surface area contributed by atoms with Crippen LogP contribution in [0.2, 0.25) is 0 Å². The van der Waals surface area contributed by atoms with E-state index in [1.165, 1.54) is 0 Å². The van der Waals surface area contributed by atoms with Gasteiger partial charge in [-0.2, -0.15) is 0 Å². The molecule has 264 valence electrons. The molecule has 2 saturated heterocycles. The third kappa shape index (κ3) is 5.93. The molecule has 4 N–H and O–H groups in total. The summed E-state index contributed by atoms with van der Waals surface area (Å²) < 4.78 is 12.1. The van der Waals surface area contributed by atoms with Crippen molar-refractivity contribution in [2.45, 2.75) is 36.1 Å². The normalized spacial score (nSPS) is 24.5. The second-order valence-corrected chi connectivity index (χ2v) is 12.9. The van der Waals surface area contributed by atoms with Gasteiger partial charge in [0.25, 0.3) is 0 Å². The topological polar surface area (TPSA) is 137 Å². The maximum atomic E-state index is 15.0. The largest absolute Gasteiger partial charge is 0.491 e. The quantitative estimate of drug-likeness (QED) is 0.109. The second-order valence-electron chi connectivity index (χ2n) is 12.9. The van der Waals surface area contributed by atoms with Gasteiger partial charge in [0.2, 0.25) is 11.8 Å². The molecule has 2 amide bonds. The number of aliphatic hydroxyl groups excluding tert-OH is 2. The molecule has 0 aromatic heterocycles. The molecular weight excluding hydrogens is 658 g/mol. The third-order valence-electron chi connectivity index (χ3n) is 10.0. The second kappa shape index (κ2) is 14.9. The van der Waals surface area contributed by atoms with E-state index in [0.29, 0.717) is 28.1 Å². The summed E-state index contributed by atoms with van der Waals surface area (Å²) in [5.74, 6) is 3.76. The third-order valence-corrected chi connectivity index (χ3v) is 10.0. The number of hydrogen-bond donors (Lipinski definition) is 4. The smallest absolute Gasteiger partial charge is 0.324 e. The maximum absolute atomic E-state index is 15.0. The van der Waals surface area contributed by atoms with E-state index in [2.05, 4.69) is 29.1 Å². The number of amides is 2. The lowest BCUT2D eigenvalue weighted by Gasteiger charge is -2.46. The number of carbonyl (C=O) groups is 3. The number of esters is 1. The van der Waals surface area contributed by atoms with Crippen molar-refractivity contribution >= 4 is 23.5 Å². The van der Waals surface area contributed by atoms with Crippen LogP contribution in [-0.2, 0) is 24.5 Å². The number of hydrogen-bond acceptors (Lipinski definition) is 8. The molecule has 2 fully saturated rings. The summed E-state index contributed by atoms with van der Waals surface area (Å²) in [5.41, 5.74) is 2.26. The van der Waals surface area contributed by atoms with Crippen LogP contribution in [0.25, 0.3) is 0 Å². The molecule has 0 unspecified atom stereocenters. The molecule has 7 rings (SSSR count). The van der Waals surface area contributed by atoms with E-state index >= 15 is 4.79 Å². The van der Waals surface area contributed by atoms with Gasteiger partial charge in [0.15, 0.2) is 0 Å². The molecular formula is C42H39N3O7. The Bertz CT molecular complexity index is 2030. The Morgan fingerprint density at radius 2 is 1.63 bits per heavy atom. The van der Waals surface area contributed by atoms with E-state index in [9.17, 15) is 19.8 Å². The van der Waals surface area contributed by atoms with Gasteiger partial charge in [-0.3, -0.25) is 19.3 Å². The molecule has 10 nitrogen and oxygen atoms in total. The van der Waals surface area contributed by atoms with Crippen molar-refractivity contribution in [2.75, 3.05) is 31.7 Å². The molecule has 52 heavy (non-hydrogen) atoms. The number of morpholine rings is 1. The minimum atomic E-state index is -1.65. The lowest BCUT2D eigenvalue weighted by Crippen LogP contribution is -2.54. The Balaban J connectivity index is 1.54. The number of aliphatic hydroxyl groups is 2. The number of benzene rings is 4. The van der Waals surface area contributed by atoms with Crippen molar-refractivity contribution in [1.82, 2.24) is 10.2 Å².